The van der Waals surface area contributed by atoms with Gasteiger partial charge in [0.2, 0.25) is 0 Å². The second-order valence-corrected chi connectivity index (χ2v) is 6.66. The van der Waals surface area contributed by atoms with Crippen molar-refractivity contribution in [1.82, 2.24) is 5.43 Å². The highest BCUT2D eigenvalue weighted by Gasteiger charge is 2.14. The van der Waals surface area contributed by atoms with Gasteiger partial charge in [-0.05, 0) is 70.2 Å². The molecule has 0 aromatic heterocycles. The van der Waals surface area contributed by atoms with Crippen LogP contribution in [0.5, 0.6) is 5.75 Å². The van der Waals surface area contributed by atoms with Gasteiger partial charge in [0.05, 0.1) is 17.6 Å². The Morgan fingerprint density at radius 1 is 1.19 bits per heavy atom. The molecule has 3 nitrogen and oxygen atoms in total. The van der Waals surface area contributed by atoms with E-state index in [1.54, 1.807) is 7.11 Å². The summed E-state index contributed by atoms with van der Waals surface area (Å²) in [7, 11) is 1.66. The molecule has 0 heterocycles. The average molecular weight is 414 g/mol. The standard InChI is InChI=1S/C16H18Br2N2O/c1-10-3-5-12(17)9-13(10)15(20-19)8-11-4-6-16(21-2)14(18)7-11/h3-7,9,15,20H,8,19H2,1-2H3. The molecule has 0 radical (unpaired) electrons. The highest BCUT2D eigenvalue weighted by Crippen LogP contribution is 2.29. The molecule has 0 spiro atoms. The Morgan fingerprint density at radius 2 is 1.95 bits per heavy atom. The SMILES string of the molecule is COc1ccc(CC(NN)c2cc(Br)ccc2C)cc1Br. The van der Waals surface area contributed by atoms with Crippen molar-refractivity contribution < 1.29 is 4.74 Å². The number of nitrogens with two attached hydrogens (primary N) is 1. The van der Waals surface area contributed by atoms with E-state index in [1.165, 1.54) is 16.7 Å². The van der Waals surface area contributed by atoms with Crippen molar-refractivity contribution in [2.75, 3.05) is 7.11 Å². The van der Waals surface area contributed by atoms with Crippen molar-refractivity contribution in [2.24, 2.45) is 5.84 Å². The van der Waals surface area contributed by atoms with Gasteiger partial charge in [0.25, 0.3) is 0 Å². The lowest BCUT2D eigenvalue weighted by atomic mass is 9.96. The predicted molar refractivity (Wildman–Crippen MR) is 93.3 cm³/mol. The number of hydrogen-bond donors (Lipinski definition) is 2. The summed E-state index contributed by atoms with van der Waals surface area (Å²) in [6.07, 6.45) is 0.802. The molecule has 0 fully saturated rings. The normalized spacial score (nSPS) is 12.2. The molecule has 0 aliphatic carbocycles. The summed E-state index contributed by atoms with van der Waals surface area (Å²) >= 11 is 7.03. The van der Waals surface area contributed by atoms with E-state index in [2.05, 4.69) is 68.5 Å². The van der Waals surface area contributed by atoms with Crippen LogP contribution < -0.4 is 16.0 Å². The number of rotatable bonds is 5. The van der Waals surface area contributed by atoms with E-state index in [0.717, 1.165) is 21.1 Å². The van der Waals surface area contributed by atoms with Gasteiger partial charge in [-0.25, -0.2) is 0 Å². The van der Waals surface area contributed by atoms with Crippen LogP contribution in [0.1, 0.15) is 22.7 Å². The van der Waals surface area contributed by atoms with Gasteiger partial charge >= 0.3 is 0 Å². The van der Waals surface area contributed by atoms with Crippen LogP contribution in [-0.2, 0) is 6.42 Å². The summed E-state index contributed by atoms with van der Waals surface area (Å²) in [4.78, 5) is 0. The highest BCUT2D eigenvalue weighted by atomic mass is 79.9. The van der Waals surface area contributed by atoms with Crippen molar-refractivity contribution in [3.8, 4) is 5.75 Å². The summed E-state index contributed by atoms with van der Waals surface area (Å²) in [5, 5.41) is 0. The number of hydrazine groups is 1. The van der Waals surface area contributed by atoms with Crippen LogP contribution in [0.4, 0.5) is 0 Å². The van der Waals surface area contributed by atoms with Crippen molar-refractivity contribution >= 4 is 31.9 Å². The topological polar surface area (TPSA) is 47.3 Å². The maximum absolute atomic E-state index is 5.76. The van der Waals surface area contributed by atoms with Crippen LogP contribution in [0.15, 0.2) is 45.3 Å². The van der Waals surface area contributed by atoms with Gasteiger partial charge in [0.1, 0.15) is 5.75 Å². The quantitative estimate of drug-likeness (QED) is 0.568. The molecule has 3 N–H and O–H groups in total. The molecular formula is C16H18Br2N2O. The van der Waals surface area contributed by atoms with Crippen LogP contribution in [0, 0.1) is 6.92 Å². The zero-order chi connectivity index (χ0) is 15.4. The maximum atomic E-state index is 5.76. The molecule has 0 aliphatic heterocycles. The molecule has 1 atom stereocenters. The molecule has 2 rings (SSSR count). The molecule has 0 saturated heterocycles. The Morgan fingerprint density at radius 3 is 2.57 bits per heavy atom. The van der Waals surface area contributed by atoms with Gasteiger partial charge in [0.15, 0.2) is 0 Å². The Balaban J connectivity index is 2.26. The minimum absolute atomic E-state index is 0.0581. The zero-order valence-corrected chi connectivity index (χ0v) is 15.2. The molecule has 0 amide bonds. The summed E-state index contributed by atoms with van der Waals surface area (Å²) in [5.74, 6) is 6.59. The van der Waals surface area contributed by atoms with Crippen LogP contribution in [0.2, 0.25) is 0 Å². The lowest BCUT2D eigenvalue weighted by Gasteiger charge is -2.19. The fourth-order valence-corrected chi connectivity index (χ4v) is 3.28. The van der Waals surface area contributed by atoms with Gasteiger partial charge < -0.3 is 4.74 Å². The van der Waals surface area contributed by atoms with Crippen LogP contribution in [0.25, 0.3) is 0 Å². The van der Waals surface area contributed by atoms with Gasteiger partial charge in [-0.1, -0.05) is 28.1 Å². The maximum Gasteiger partial charge on any atom is 0.133 e. The predicted octanol–water partition coefficient (Wildman–Crippen LogP) is 4.28. The lowest BCUT2D eigenvalue weighted by molar-refractivity contribution is 0.412. The number of benzene rings is 2. The van der Waals surface area contributed by atoms with Crippen molar-refractivity contribution in [3.05, 3.63) is 62.0 Å². The molecule has 2 aromatic rings. The number of hydrogen-bond acceptors (Lipinski definition) is 3. The molecule has 2 aromatic carbocycles. The molecular weight excluding hydrogens is 396 g/mol. The van der Waals surface area contributed by atoms with E-state index in [0.29, 0.717) is 0 Å². The van der Waals surface area contributed by atoms with E-state index in [4.69, 9.17) is 10.6 Å². The van der Waals surface area contributed by atoms with Gasteiger partial charge in [-0.2, -0.15) is 0 Å². The molecule has 112 valence electrons. The number of methoxy groups -OCH3 is 1. The van der Waals surface area contributed by atoms with Gasteiger partial charge in [-0.3, -0.25) is 11.3 Å². The number of ether oxygens (including phenoxy) is 1. The van der Waals surface area contributed by atoms with E-state index in [1.807, 2.05) is 12.1 Å². The third kappa shape index (κ3) is 4.07. The molecule has 5 heteroatoms. The second kappa shape index (κ2) is 7.40. The van der Waals surface area contributed by atoms with Crippen molar-refractivity contribution in [2.45, 2.75) is 19.4 Å². The average Bonchev–Trinajstić information content (AvgIpc) is 2.47. The van der Waals surface area contributed by atoms with Crippen LogP contribution >= 0.6 is 31.9 Å². The van der Waals surface area contributed by atoms with Gasteiger partial charge in [-0.15, -0.1) is 0 Å². The third-order valence-corrected chi connectivity index (χ3v) is 4.59. The van der Waals surface area contributed by atoms with E-state index in [9.17, 15) is 0 Å². The molecule has 0 bridgehead atoms. The lowest BCUT2D eigenvalue weighted by Crippen LogP contribution is -2.30. The van der Waals surface area contributed by atoms with Crippen LogP contribution in [-0.4, -0.2) is 7.11 Å². The van der Waals surface area contributed by atoms with E-state index < -0.39 is 0 Å². The minimum atomic E-state index is 0.0581. The molecule has 1 unspecified atom stereocenters. The Kier molecular flexibility index (Phi) is 5.81. The first-order valence-electron chi connectivity index (χ1n) is 6.59. The van der Waals surface area contributed by atoms with Crippen molar-refractivity contribution in [1.29, 1.82) is 0 Å². The molecule has 0 saturated carbocycles. The monoisotopic (exact) mass is 412 g/mol. The summed E-state index contributed by atoms with van der Waals surface area (Å²) < 4.78 is 7.26. The zero-order valence-electron chi connectivity index (χ0n) is 12.0. The molecule has 21 heavy (non-hydrogen) atoms. The Hall–Kier alpha value is -0.880. The van der Waals surface area contributed by atoms with Crippen LogP contribution in [0.3, 0.4) is 0 Å². The first-order valence-corrected chi connectivity index (χ1v) is 8.18. The first-order chi connectivity index (χ1) is 10.0. The summed E-state index contributed by atoms with van der Waals surface area (Å²) in [6, 6.07) is 12.4. The number of aryl methyl sites for hydroxylation is 1. The largest absolute Gasteiger partial charge is 0.496 e. The Bertz CT molecular complexity index is 632. The highest BCUT2D eigenvalue weighted by molar-refractivity contribution is 9.10. The van der Waals surface area contributed by atoms with Crippen molar-refractivity contribution in [3.63, 3.8) is 0 Å². The summed E-state index contributed by atoms with van der Waals surface area (Å²) in [6.45, 7) is 2.09. The van der Waals surface area contributed by atoms with E-state index >= 15 is 0 Å². The Labute approximate surface area is 142 Å². The van der Waals surface area contributed by atoms with E-state index in [-0.39, 0.29) is 6.04 Å². The second-order valence-electron chi connectivity index (χ2n) is 4.89. The fourth-order valence-electron chi connectivity index (χ4n) is 2.32. The fraction of sp³-hybridized carbons (Fsp3) is 0.250. The number of nitrogens with one attached hydrogen (secondary N) is 1. The van der Waals surface area contributed by atoms with Gasteiger partial charge in [0, 0.05) is 4.47 Å². The molecule has 0 aliphatic rings. The smallest absolute Gasteiger partial charge is 0.133 e. The minimum Gasteiger partial charge on any atom is -0.496 e. The number of halogens is 2. The first kappa shape index (κ1) is 16.5. The third-order valence-electron chi connectivity index (χ3n) is 3.47. The summed E-state index contributed by atoms with van der Waals surface area (Å²) in [5.41, 5.74) is 6.51.